The molecule has 0 aliphatic carbocycles. The second kappa shape index (κ2) is 4.97. The van der Waals surface area contributed by atoms with Gasteiger partial charge in [-0.2, -0.15) is 0 Å². The fourth-order valence-corrected chi connectivity index (χ4v) is 0.895. The van der Waals surface area contributed by atoms with Gasteiger partial charge in [-0.1, -0.05) is 30.3 Å². The maximum absolute atomic E-state index is 9.12. The van der Waals surface area contributed by atoms with Gasteiger partial charge in [0, 0.05) is 0 Å². The molecule has 0 saturated heterocycles. The van der Waals surface area contributed by atoms with Crippen LogP contribution in [0, 0.1) is 0 Å². The SMILES string of the molecule is CC(O)[C@@H](O)OCc1ccccc1. The lowest BCUT2D eigenvalue weighted by Crippen LogP contribution is -2.25. The van der Waals surface area contributed by atoms with E-state index in [1.54, 1.807) is 0 Å². The molecule has 0 aliphatic rings. The third-order valence-electron chi connectivity index (χ3n) is 1.68. The first-order valence-corrected chi connectivity index (χ1v) is 4.22. The van der Waals surface area contributed by atoms with E-state index in [0.717, 1.165) is 5.56 Å². The van der Waals surface area contributed by atoms with Crippen molar-refractivity contribution < 1.29 is 14.9 Å². The molecule has 0 radical (unpaired) electrons. The minimum atomic E-state index is -1.11. The standard InChI is InChI=1S/C10H14O3/c1-8(11)10(12)13-7-9-5-3-2-4-6-9/h2-6,8,10-12H,7H2,1H3/t8?,10-/m0/s1. The van der Waals surface area contributed by atoms with Gasteiger partial charge in [-0.05, 0) is 12.5 Å². The highest BCUT2D eigenvalue weighted by molar-refractivity contribution is 5.13. The van der Waals surface area contributed by atoms with Crippen molar-refractivity contribution in [3.8, 4) is 0 Å². The van der Waals surface area contributed by atoms with Crippen molar-refractivity contribution in [1.29, 1.82) is 0 Å². The molecule has 0 heterocycles. The van der Waals surface area contributed by atoms with Crippen LogP contribution in [0.25, 0.3) is 0 Å². The number of rotatable bonds is 4. The second-order valence-electron chi connectivity index (χ2n) is 2.93. The van der Waals surface area contributed by atoms with Gasteiger partial charge in [0.05, 0.1) is 6.61 Å². The molecule has 72 valence electrons. The number of ether oxygens (including phenoxy) is 1. The summed E-state index contributed by atoms with van der Waals surface area (Å²) < 4.78 is 5.00. The summed E-state index contributed by atoms with van der Waals surface area (Å²) in [7, 11) is 0. The lowest BCUT2D eigenvalue weighted by atomic mass is 10.2. The van der Waals surface area contributed by atoms with Gasteiger partial charge in [0.2, 0.25) is 0 Å². The van der Waals surface area contributed by atoms with Gasteiger partial charge in [0.1, 0.15) is 6.10 Å². The molecule has 13 heavy (non-hydrogen) atoms. The highest BCUT2D eigenvalue weighted by Gasteiger charge is 2.10. The third kappa shape index (κ3) is 3.55. The van der Waals surface area contributed by atoms with Gasteiger partial charge in [-0.3, -0.25) is 0 Å². The van der Waals surface area contributed by atoms with Crippen molar-refractivity contribution in [2.45, 2.75) is 25.9 Å². The predicted molar refractivity (Wildman–Crippen MR) is 48.9 cm³/mol. The van der Waals surface area contributed by atoms with Gasteiger partial charge in [-0.25, -0.2) is 0 Å². The fourth-order valence-electron chi connectivity index (χ4n) is 0.895. The summed E-state index contributed by atoms with van der Waals surface area (Å²) in [5, 5.41) is 18.0. The van der Waals surface area contributed by atoms with Gasteiger partial charge in [0.25, 0.3) is 0 Å². The van der Waals surface area contributed by atoms with Crippen LogP contribution in [0.1, 0.15) is 12.5 Å². The summed E-state index contributed by atoms with van der Waals surface area (Å²) in [6.07, 6.45) is -1.97. The van der Waals surface area contributed by atoms with E-state index in [2.05, 4.69) is 0 Å². The van der Waals surface area contributed by atoms with Crippen molar-refractivity contribution in [1.82, 2.24) is 0 Å². The lowest BCUT2D eigenvalue weighted by molar-refractivity contribution is -0.162. The van der Waals surface area contributed by atoms with E-state index in [4.69, 9.17) is 14.9 Å². The molecule has 0 aromatic heterocycles. The van der Waals surface area contributed by atoms with Crippen molar-refractivity contribution >= 4 is 0 Å². The van der Waals surface area contributed by atoms with E-state index in [9.17, 15) is 0 Å². The predicted octanol–water partition coefficient (Wildman–Crippen LogP) is 0.902. The molecule has 1 rings (SSSR count). The van der Waals surface area contributed by atoms with Crippen molar-refractivity contribution in [3.63, 3.8) is 0 Å². The van der Waals surface area contributed by atoms with Crippen molar-refractivity contribution in [2.75, 3.05) is 0 Å². The second-order valence-corrected chi connectivity index (χ2v) is 2.93. The highest BCUT2D eigenvalue weighted by Crippen LogP contribution is 2.03. The number of hydrogen-bond donors (Lipinski definition) is 2. The average molecular weight is 182 g/mol. The molecular weight excluding hydrogens is 168 g/mol. The quantitative estimate of drug-likeness (QED) is 0.680. The molecule has 0 aliphatic heterocycles. The first-order chi connectivity index (χ1) is 6.20. The zero-order valence-electron chi connectivity index (χ0n) is 7.55. The smallest absolute Gasteiger partial charge is 0.180 e. The van der Waals surface area contributed by atoms with Gasteiger partial charge in [-0.15, -0.1) is 0 Å². The Hall–Kier alpha value is -0.900. The summed E-state index contributed by atoms with van der Waals surface area (Å²) in [6, 6.07) is 9.50. The highest BCUT2D eigenvalue weighted by atomic mass is 16.6. The Balaban J connectivity index is 2.35. The molecule has 0 fully saturated rings. The first kappa shape index (κ1) is 10.2. The molecule has 1 unspecified atom stereocenters. The van der Waals surface area contributed by atoms with Crippen LogP contribution >= 0.6 is 0 Å². The van der Waals surface area contributed by atoms with Crippen LogP contribution in [0.5, 0.6) is 0 Å². The van der Waals surface area contributed by atoms with E-state index in [1.807, 2.05) is 30.3 Å². The number of hydrogen-bond acceptors (Lipinski definition) is 3. The molecule has 1 aromatic rings. The molecule has 1 aromatic carbocycles. The third-order valence-corrected chi connectivity index (χ3v) is 1.68. The Bertz CT molecular complexity index is 233. The Morgan fingerprint density at radius 2 is 1.85 bits per heavy atom. The summed E-state index contributed by atoms with van der Waals surface area (Å²) >= 11 is 0. The normalized spacial score (nSPS) is 15.3. The van der Waals surface area contributed by atoms with E-state index in [-0.39, 0.29) is 0 Å². The van der Waals surface area contributed by atoms with Gasteiger partial charge < -0.3 is 14.9 Å². The molecule has 3 nitrogen and oxygen atoms in total. The minimum absolute atomic E-state index is 0.312. The van der Waals surface area contributed by atoms with Crippen LogP contribution in [0.4, 0.5) is 0 Å². The van der Waals surface area contributed by atoms with E-state index in [0.29, 0.717) is 6.61 Å². The van der Waals surface area contributed by atoms with Gasteiger partial charge >= 0.3 is 0 Å². The Morgan fingerprint density at radius 3 is 2.38 bits per heavy atom. The van der Waals surface area contributed by atoms with E-state index >= 15 is 0 Å². The van der Waals surface area contributed by atoms with Crippen LogP contribution < -0.4 is 0 Å². The molecule has 0 bridgehead atoms. The molecular formula is C10H14O3. The maximum Gasteiger partial charge on any atom is 0.180 e. The minimum Gasteiger partial charge on any atom is -0.388 e. The van der Waals surface area contributed by atoms with Crippen LogP contribution in [0.2, 0.25) is 0 Å². The van der Waals surface area contributed by atoms with Crippen molar-refractivity contribution in [3.05, 3.63) is 35.9 Å². The van der Waals surface area contributed by atoms with Crippen LogP contribution in [0.3, 0.4) is 0 Å². The Morgan fingerprint density at radius 1 is 1.23 bits per heavy atom. The molecule has 0 amide bonds. The Kier molecular flexibility index (Phi) is 3.89. The monoisotopic (exact) mass is 182 g/mol. The van der Waals surface area contributed by atoms with Crippen LogP contribution in [-0.2, 0) is 11.3 Å². The largest absolute Gasteiger partial charge is 0.388 e. The fraction of sp³-hybridized carbons (Fsp3) is 0.400. The van der Waals surface area contributed by atoms with Crippen molar-refractivity contribution in [2.24, 2.45) is 0 Å². The summed E-state index contributed by atoms with van der Waals surface area (Å²) in [6.45, 7) is 1.79. The number of benzene rings is 1. The average Bonchev–Trinajstić information content (AvgIpc) is 2.15. The number of aliphatic hydroxyl groups is 2. The molecule has 0 spiro atoms. The van der Waals surface area contributed by atoms with E-state index < -0.39 is 12.4 Å². The zero-order valence-corrected chi connectivity index (χ0v) is 7.55. The molecule has 0 saturated carbocycles. The summed E-state index contributed by atoms with van der Waals surface area (Å²) in [5.41, 5.74) is 0.974. The molecule has 2 atom stereocenters. The maximum atomic E-state index is 9.12. The topological polar surface area (TPSA) is 49.7 Å². The van der Waals surface area contributed by atoms with E-state index in [1.165, 1.54) is 6.92 Å². The Labute approximate surface area is 77.6 Å². The lowest BCUT2D eigenvalue weighted by Gasteiger charge is -2.14. The number of aliphatic hydroxyl groups excluding tert-OH is 2. The summed E-state index contributed by atoms with van der Waals surface area (Å²) in [5.74, 6) is 0. The van der Waals surface area contributed by atoms with Gasteiger partial charge in [0.15, 0.2) is 6.29 Å². The molecule has 2 N–H and O–H groups in total. The zero-order chi connectivity index (χ0) is 9.68. The molecule has 3 heteroatoms. The van der Waals surface area contributed by atoms with Crippen LogP contribution in [-0.4, -0.2) is 22.6 Å². The van der Waals surface area contributed by atoms with Crippen LogP contribution in [0.15, 0.2) is 30.3 Å². The summed E-state index contributed by atoms with van der Waals surface area (Å²) in [4.78, 5) is 0. The first-order valence-electron chi connectivity index (χ1n) is 4.22.